The van der Waals surface area contributed by atoms with Crippen molar-refractivity contribution in [2.24, 2.45) is 17.4 Å². The lowest BCUT2D eigenvalue weighted by atomic mass is 10.0. The van der Waals surface area contributed by atoms with Crippen molar-refractivity contribution in [1.82, 2.24) is 15.5 Å². The fourth-order valence-electron chi connectivity index (χ4n) is 3.73. The molecule has 13 nitrogen and oxygen atoms in total. The van der Waals surface area contributed by atoms with Crippen LogP contribution in [0.15, 0.2) is 0 Å². The van der Waals surface area contributed by atoms with E-state index in [9.17, 15) is 33.9 Å². The number of primary amides is 1. The summed E-state index contributed by atoms with van der Waals surface area (Å²) in [6.07, 6.45) is 0.0287. The van der Waals surface area contributed by atoms with Crippen LogP contribution in [0.3, 0.4) is 0 Å². The lowest BCUT2D eigenvalue weighted by molar-refractivity contribution is -0.145. The van der Waals surface area contributed by atoms with Gasteiger partial charge in [-0.25, -0.2) is 4.79 Å². The summed E-state index contributed by atoms with van der Waals surface area (Å²) in [5, 5.41) is 23.2. The highest BCUT2D eigenvalue weighted by atomic mass is 16.4. The molecule has 0 spiro atoms. The van der Waals surface area contributed by atoms with Crippen LogP contribution in [0.25, 0.3) is 0 Å². The van der Waals surface area contributed by atoms with Gasteiger partial charge in [0.25, 0.3) is 0 Å². The van der Waals surface area contributed by atoms with Gasteiger partial charge in [0.15, 0.2) is 0 Å². The third kappa shape index (κ3) is 9.33. The highest BCUT2D eigenvalue weighted by Gasteiger charge is 2.39. The van der Waals surface area contributed by atoms with E-state index in [2.05, 4.69) is 10.6 Å². The van der Waals surface area contributed by atoms with Gasteiger partial charge in [-0.15, -0.1) is 0 Å². The SMILES string of the molecule is CC(C)CC(N)C(=O)NC(CCC(=O)O)C(=O)N1CCCC1C(=O)NC(CCC(N)=O)C(=O)O. The number of likely N-dealkylation sites (tertiary alicyclic amines) is 1. The van der Waals surface area contributed by atoms with Crippen LogP contribution in [0.2, 0.25) is 0 Å². The molecule has 0 saturated carbocycles. The number of carboxylic acids is 2. The Hall–Kier alpha value is -3.22. The second-order valence-corrected chi connectivity index (χ2v) is 8.82. The number of carboxylic acid groups (broad SMARTS) is 2. The number of nitrogens with two attached hydrogens (primary N) is 2. The van der Waals surface area contributed by atoms with Crippen molar-refractivity contribution in [2.75, 3.05) is 6.54 Å². The summed E-state index contributed by atoms with van der Waals surface area (Å²) in [6.45, 7) is 3.93. The zero-order valence-electron chi connectivity index (χ0n) is 19.5. The van der Waals surface area contributed by atoms with Crippen LogP contribution in [0.4, 0.5) is 0 Å². The summed E-state index contributed by atoms with van der Waals surface area (Å²) in [5.41, 5.74) is 10.9. The zero-order chi connectivity index (χ0) is 26.0. The van der Waals surface area contributed by atoms with Crippen molar-refractivity contribution < 1.29 is 39.0 Å². The highest BCUT2D eigenvalue weighted by Crippen LogP contribution is 2.20. The van der Waals surface area contributed by atoms with E-state index < -0.39 is 66.2 Å². The predicted molar refractivity (Wildman–Crippen MR) is 119 cm³/mol. The van der Waals surface area contributed by atoms with E-state index in [4.69, 9.17) is 16.6 Å². The molecule has 0 aliphatic carbocycles. The first-order valence-electron chi connectivity index (χ1n) is 11.2. The molecule has 13 heteroatoms. The third-order valence-corrected chi connectivity index (χ3v) is 5.46. The Labute approximate surface area is 197 Å². The number of nitrogens with one attached hydrogen (secondary N) is 2. The maximum atomic E-state index is 13.2. The summed E-state index contributed by atoms with van der Waals surface area (Å²) in [4.78, 5) is 73.1. The van der Waals surface area contributed by atoms with Crippen LogP contribution < -0.4 is 22.1 Å². The molecular formula is C21H35N5O8. The van der Waals surface area contributed by atoms with E-state index >= 15 is 0 Å². The van der Waals surface area contributed by atoms with Crippen molar-refractivity contribution in [1.29, 1.82) is 0 Å². The molecule has 1 fully saturated rings. The van der Waals surface area contributed by atoms with E-state index in [1.807, 2.05) is 13.8 Å². The molecule has 192 valence electrons. The maximum Gasteiger partial charge on any atom is 0.326 e. The molecule has 4 unspecified atom stereocenters. The number of carbonyl (C=O) groups is 6. The van der Waals surface area contributed by atoms with Gasteiger partial charge in [0.2, 0.25) is 23.6 Å². The third-order valence-electron chi connectivity index (χ3n) is 5.46. The standard InChI is InChI=1S/C21H35N5O8/c1-11(2)10-12(22)18(30)24-13(6-8-17(28)29)20(32)26-9-3-4-15(26)19(31)25-14(21(33)34)5-7-16(23)27/h11-15H,3-10,22H2,1-2H3,(H2,23,27)(H,24,30)(H,25,31)(H,28,29)(H,33,34). The summed E-state index contributed by atoms with van der Waals surface area (Å²) in [6, 6.07) is -4.47. The average molecular weight is 486 g/mol. The molecule has 8 N–H and O–H groups in total. The van der Waals surface area contributed by atoms with Gasteiger partial charge in [-0.1, -0.05) is 13.8 Å². The van der Waals surface area contributed by atoms with Crippen molar-refractivity contribution >= 4 is 35.6 Å². The van der Waals surface area contributed by atoms with Gasteiger partial charge in [0.05, 0.1) is 6.04 Å². The molecule has 1 heterocycles. The smallest absolute Gasteiger partial charge is 0.326 e. The Morgan fingerprint density at radius 1 is 1.00 bits per heavy atom. The van der Waals surface area contributed by atoms with Gasteiger partial charge in [0, 0.05) is 19.4 Å². The minimum absolute atomic E-state index is 0.123. The zero-order valence-corrected chi connectivity index (χ0v) is 19.5. The summed E-state index contributed by atoms with van der Waals surface area (Å²) >= 11 is 0. The lowest BCUT2D eigenvalue weighted by Gasteiger charge is -2.30. The average Bonchev–Trinajstić information content (AvgIpc) is 3.22. The molecule has 0 bridgehead atoms. The van der Waals surface area contributed by atoms with Gasteiger partial charge in [0.1, 0.15) is 18.1 Å². The topological polar surface area (TPSA) is 222 Å². The first kappa shape index (κ1) is 28.8. The van der Waals surface area contributed by atoms with Gasteiger partial charge < -0.3 is 37.2 Å². The molecule has 0 aromatic carbocycles. The minimum Gasteiger partial charge on any atom is -0.481 e. The lowest BCUT2D eigenvalue weighted by Crippen LogP contribution is -2.57. The van der Waals surface area contributed by atoms with Crippen molar-refractivity contribution in [3.8, 4) is 0 Å². The molecule has 0 radical (unpaired) electrons. The van der Waals surface area contributed by atoms with Gasteiger partial charge in [-0.05, 0) is 38.0 Å². The minimum atomic E-state index is -1.37. The van der Waals surface area contributed by atoms with Gasteiger partial charge >= 0.3 is 11.9 Å². The molecule has 1 saturated heterocycles. The second kappa shape index (κ2) is 13.5. The van der Waals surface area contributed by atoms with Gasteiger partial charge in [-0.2, -0.15) is 0 Å². The van der Waals surface area contributed by atoms with E-state index in [1.54, 1.807) is 0 Å². The van der Waals surface area contributed by atoms with Crippen molar-refractivity contribution in [3.63, 3.8) is 0 Å². The molecule has 1 aliphatic heterocycles. The van der Waals surface area contributed by atoms with E-state index in [-0.39, 0.29) is 38.1 Å². The van der Waals surface area contributed by atoms with Crippen LogP contribution in [0.1, 0.15) is 58.8 Å². The predicted octanol–water partition coefficient (Wildman–Crippen LogP) is -1.46. The molecule has 34 heavy (non-hydrogen) atoms. The van der Waals surface area contributed by atoms with Crippen molar-refractivity contribution in [3.05, 3.63) is 0 Å². The quantitative estimate of drug-likeness (QED) is 0.169. The maximum absolute atomic E-state index is 13.2. The fraction of sp³-hybridized carbons (Fsp3) is 0.714. The monoisotopic (exact) mass is 485 g/mol. The number of rotatable bonds is 14. The number of aliphatic carboxylic acids is 2. The Balaban J connectivity index is 2.96. The Morgan fingerprint density at radius 3 is 2.15 bits per heavy atom. The molecule has 1 aliphatic rings. The van der Waals surface area contributed by atoms with Crippen LogP contribution >= 0.6 is 0 Å². The summed E-state index contributed by atoms with van der Waals surface area (Å²) in [7, 11) is 0. The first-order valence-corrected chi connectivity index (χ1v) is 11.2. The first-order chi connectivity index (χ1) is 15.8. The number of hydrogen-bond acceptors (Lipinski definition) is 7. The molecule has 0 aromatic rings. The number of amides is 4. The number of carbonyl (C=O) groups excluding carboxylic acids is 4. The van der Waals surface area contributed by atoms with Crippen molar-refractivity contribution in [2.45, 2.75) is 83.0 Å². The molecule has 4 amide bonds. The normalized spacial score (nSPS) is 18.1. The molecule has 4 atom stereocenters. The number of hydrogen-bond donors (Lipinski definition) is 6. The van der Waals surface area contributed by atoms with Gasteiger partial charge in [-0.3, -0.25) is 24.0 Å². The number of nitrogens with zero attached hydrogens (tertiary/aromatic N) is 1. The summed E-state index contributed by atoms with van der Waals surface area (Å²) < 4.78 is 0. The van der Waals surface area contributed by atoms with Crippen LogP contribution in [0, 0.1) is 5.92 Å². The van der Waals surface area contributed by atoms with E-state index in [1.165, 1.54) is 4.90 Å². The largest absolute Gasteiger partial charge is 0.481 e. The Kier molecular flexibility index (Phi) is 11.4. The van der Waals surface area contributed by atoms with Crippen LogP contribution in [0.5, 0.6) is 0 Å². The second-order valence-electron chi connectivity index (χ2n) is 8.82. The summed E-state index contributed by atoms with van der Waals surface area (Å²) in [5.74, 6) is -5.07. The van der Waals surface area contributed by atoms with E-state index in [0.717, 1.165) is 0 Å². The van der Waals surface area contributed by atoms with Crippen LogP contribution in [-0.4, -0.2) is 81.4 Å². The molecule has 1 rings (SSSR count). The van der Waals surface area contributed by atoms with E-state index in [0.29, 0.717) is 12.8 Å². The fourth-order valence-corrected chi connectivity index (χ4v) is 3.73. The van der Waals surface area contributed by atoms with Crippen LogP contribution in [-0.2, 0) is 28.8 Å². The highest BCUT2D eigenvalue weighted by molar-refractivity contribution is 5.94. The Morgan fingerprint density at radius 2 is 1.62 bits per heavy atom. The molecule has 0 aromatic heterocycles. The Bertz CT molecular complexity index is 787. The molecular weight excluding hydrogens is 450 g/mol.